The molecule has 2 N–H and O–H groups in total. The number of rotatable bonds is 5. The number of nitrogens with one attached hydrogen (secondary N) is 2. The van der Waals surface area contributed by atoms with Crippen LogP contribution in [0.2, 0.25) is 0 Å². The van der Waals surface area contributed by atoms with Gasteiger partial charge in [0.15, 0.2) is 0 Å². The lowest BCUT2D eigenvalue weighted by Gasteiger charge is -2.20. The minimum atomic E-state index is -0.277. The van der Waals surface area contributed by atoms with Crippen molar-refractivity contribution in [2.75, 3.05) is 20.2 Å². The largest absolute Gasteiger partial charge is 0.496 e. The van der Waals surface area contributed by atoms with Gasteiger partial charge >= 0.3 is 0 Å². The van der Waals surface area contributed by atoms with Gasteiger partial charge < -0.3 is 15.4 Å². The molecule has 5 heteroatoms. The number of ether oxygens (including phenoxy) is 1. The molecule has 0 spiro atoms. The number of methoxy groups -OCH3 is 1. The van der Waals surface area contributed by atoms with Crippen LogP contribution in [0.5, 0.6) is 5.75 Å². The van der Waals surface area contributed by atoms with Crippen molar-refractivity contribution in [3.63, 3.8) is 0 Å². The highest BCUT2D eigenvalue weighted by molar-refractivity contribution is 5.80. The Kier molecular flexibility index (Phi) is 5.11. The number of benzene rings is 2. The Hall–Kier alpha value is -2.40. The Morgan fingerprint density at radius 1 is 1.21 bits per heavy atom. The number of halogens is 1. The van der Waals surface area contributed by atoms with Crippen molar-refractivity contribution in [1.82, 2.24) is 10.6 Å². The molecular weight excluding hydrogens is 307 g/mol. The van der Waals surface area contributed by atoms with Crippen molar-refractivity contribution in [2.45, 2.75) is 12.5 Å². The second kappa shape index (κ2) is 7.45. The number of amides is 1. The first-order chi connectivity index (χ1) is 11.7. The topological polar surface area (TPSA) is 50.4 Å². The Bertz CT molecular complexity index is 703. The summed E-state index contributed by atoms with van der Waals surface area (Å²) < 4.78 is 18.4. The fourth-order valence-corrected chi connectivity index (χ4v) is 3.18. The van der Waals surface area contributed by atoms with Gasteiger partial charge in [0.2, 0.25) is 5.91 Å². The van der Waals surface area contributed by atoms with Gasteiger partial charge in [-0.1, -0.05) is 30.3 Å². The predicted octanol–water partition coefficient (Wildman–Crippen LogP) is 2.45. The number of carbonyl (C=O) groups excluding carboxylic acids is 1. The maximum absolute atomic E-state index is 12.9. The van der Waals surface area contributed by atoms with Gasteiger partial charge in [-0.2, -0.15) is 0 Å². The first-order valence-electron chi connectivity index (χ1n) is 8.05. The van der Waals surface area contributed by atoms with Crippen LogP contribution in [-0.2, 0) is 11.3 Å². The lowest BCUT2D eigenvalue weighted by Crippen LogP contribution is -2.34. The van der Waals surface area contributed by atoms with Crippen LogP contribution < -0.4 is 15.4 Å². The number of hydrogen-bond donors (Lipinski definition) is 2. The van der Waals surface area contributed by atoms with E-state index in [0.717, 1.165) is 23.4 Å². The molecule has 1 fully saturated rings. The molecule has 126 valence electrons. The van der Waals surface area contributed by atoms with E-state index >= 15 is 0 Å². The second-order valence-electron chi connectivity index (χ2n) is 5.96. The van der Waals surface area contributed by atoms with E-state index in [1.807, 2.05) is 24.3 Å². The maximum Gasteiger partial charge on any atom is 0.225 e. The molecule has 0 saturated carbocycles. The molecule has 2 aromatic carbocycles. The lowest BCUT2D eigenvalue weighted by molar-refractivity contribution is -0.125. The average Bonchev–Trinajstić information content (AvgIpc) is 3.10. The van der Waals surface area contributed by atoms with Gasteiger partial charge in [0.1, 0.15) is 11.6 Å². The van der Waals surface area contributed by atoms with Crippen LogP contribution in [0.1, 0.15) is 17.0 Å². The summed E-state index contributed by atoms with van der Waals surface area (Å²) in [4.78, 5) is 12.6. The van der Waals surface area contributed by atoms with Gasteiger partial charge in [0.25, 0.3) is 0 Å². The molecule has 1 amide bonds. The molecule has 2 atom stereocenters. The van der Waals surface area contributed by atoms with Crippen LogP contribution >= 0.6 is 0 Å². The van der Waals surface area contributed by atoms with Crippen LogP contribution in [0, 0.1) is 11.7 Å². The van der Waals surface area contributed by atoms with E-state index in [9.17, 15) is 9.18 Å². The van der Waals surface area contributed by atoms with Crippen molar-refractivity contribution in [3.8, 4) is 5.75 Å². The lowest BCUT2D eigenvalue weighted by atomic mass is 9.87. The van der Waals surface area contributed by atoms with Crippen LogP contribution in [0.3, 0.4) is 0 Å². The third-order valence-electron chi connectivity index (χ3n) is 4.47. The molecule has 0 radical (unpaired) electrons. The summed E-state index contributed by atoms with van der Waals surface area (Å²) in [6, 6.07) is 14.0. The highest BCUT2D eigenvalue weighted by atomic mass is 19.1. The summed E-state index contributed by atoms with van der Waals surface area (Å²) in [7, 11) is 1.64. The van der Waals surface area contributed by atoms with E-state index in [1.165, 1.54) is 12.1 Å². The van der Waals surface area contributed by atoms with Crippen molar-refractivity contribution >= 4 is 5.91 Å². The monoisotopic (exact) mass is 328 g/mol. The zero-order valence-corrected chi connectivity index (χ0v) is 13.6. The third-order valence-corrected chi connectivity index (χ3v) is 4.47. The summed E-state index contributed by atoms with van der Waals surface area (Å²) in [5, 5.41) is 6.25. The number of carbonyl (C=O) groups is 1. The van der Waals surface area contributed by atoms with E-state index in [2.05, 4.69) is 10.6 Å². The summed E-state index contributed by atoms with van der Waals surface area (Å²) in [6.07, 6.45) is 0. The molecule has 24 heavy (non-hydrogen) atoms. The van der Waals surface area contributed by atoms with E-state index in [-0.39, 0.29) is 23.6 Å². The van der Waals surface area contributed by atoms with Crippen LogP contribution in [0.15, 0.2) is 48.5 Å². The van der Waals surface area contributed by atoms with Gasteiger partial charge in [-0.25, -0.2) is 4.39 Å². The van der Waals surface area contributed by atoms with E-state index in [1.54, 1.807) is 19.2 Å². The van der Waals surface area contributed by atoms with Crippen LogP contribution in [-0.4, -0.2) is 26.1 Å². The zero-order chi connectivity index (χ0) is 16.9. The molecule has 1 aliphatic heterocycles. The van der Waals surface area contributed by atoms with Crippen LogP contribution in [0.25, 0.3) is 0 Å². The molecule has 0 bridgehead atoms. The van der Waals surface area contributed by atoms with Gasteiger partial charge in [0.05, 0.1) is 13.0 Å². The first-order valence-corrected chi connectivity index (χ1v) is 8.05. The first kappa shape index (κ1) is 16.5. The molecule has 1 aliphatic rings. The maximum atomic E-state index is 12.9. The Morgan fingerprint density at radius 2 is 1.96 bits per heavy atom. The quantitative estimate of drug-likeness (QED) is 0.886. The Labute approximate surface area is 141 Å². The fraction of sp³-hybridized carbons (Fsp3) is 0.316. The van der Waals surface area contributed by atoms with E-state index < -0.39 is 0 Å². The summed E-state index contributed by atoms with van der Waals surface area (Å²) in [5.41, 5.74) is 1.93. The van der Waals surface area contributed by atoms with E-state index in [0.29, 0.717) is 13.1 Å². The van der Waals surface area contributed by atoms with E-state index in [4.69, 9.17) is 4.74 Å². The fourth-order valence-electron chi connectivity index (χ4n) is 3.18. The zero-order valence-electron chi connectivity index (χ0n) is 13.6. The highest BCUT2D eigenvalue weighted by Crippen LogP contribution is 2.34. The van der Waals surface area contributed by atoms with Crippen molar-refractivity contribution in [3.05, 3.63) is 65.5 Å². The van der Waals surface area contributed by atoms with Gasteiger partial charge in [-0.05, 0) is 29.3 Å². The molecule has 3 rings (SSSR count). The van der Waals surface area contributed by atoms with Crippen LogP contribution in [0.4, 0.5) is 4.39 Å². The Balaban J connectivity index is 1.68. The minimum Gasteiger partial charge on any atom is -0.496 e. The minimum absolute atomic E-state index is 0.000214. The molecule has 4 nitrogen and oxygen atoms in total. The summed E-state index contributed by atoms with van der Waals surface area (Å²) in [6.45, 7) is 1.78. The van der Waals surface area contributed by atoms with Crippen molar-refractivity contribution in [1.29, 1.82) is 0 Å². The molecule has 0 aromatic heterocycles. The molecule has 2 aromatic rings. The molecule has 2 unspecified atom stereocenters. The van der Waals surface area contributed by atoms with Gasteiger partial charge in [0, 0.05) is 25.6 Å². The second-order valence-corrected chi connectivity index (χ2v) is 5.96. The number of hydrogen-bond acceptors (Lipinski definition) is 3. The van der Waals surface area contributed by atoms with Gasteiger partial charge in [-0.3, -0.25) is 4.79 Å². The average molecular weight is 328 g/mol. The molecule has 1 saturated heterocycles. The molecular formula is C19H21FN2O2. The van der Waals surface area contributed by atoms with Crippen molar-refractivity contribution in [2.24, 2.45) is 5.92 Å². The standard InChI is InChI=1S/C19H21FN2O2/c1-24-18-5-3-2-4-15(18)16-11-21-12-17(16)19(23)22-10-13-6-8-14(20)9-7-13/h2-9,16-17,21H,10-12H2,1H3,(H,22,23). The third kappa shape index (κ3) is 3.57. The van der Waals surface area contributed by atoms with Gasteiger partial charge in [-0.15, -0.1) is 0 Å². The summed E-state index contributed by atoms with van der Waals surface area (Å²) in [5.74, 6) is 0.459. The Morgan fingerprint density at radius 3 is 2.71 bits per heavy atom. The smallest absolute Gasteiger partial charge is 0.225 e. The molecule has 1 heterocycles. The normalized spacial score (nSPS) is 19.9. The van der Waals surface area contributed by atoms with Crippen molar-refractivity contribution < 1.29 is 13.9 Å². The summed E-state index contributed by atoms with van der Waals surface area (Å²) >= 11 is 0. The SMILES string of the molecule is COc1ccccc1C1CNCC1C(=O)NCc1ccc(F)cc1. The predicted molar refractivity (Wildman–Crippen MR) is 90.3 cm³/mol. The highest BCUT2D eigenvalue weighted by Gasteiger charge is 2.35. The molecule has 0 aliphatic carbocycles. The number of para-hydroxylation sites is 1.